The maximum atomic E-state index is 11.9. The summed E-state index contributed by atoms with van der Waals surface area (Å²) in [5.41, 5.74) is 6.34. The van der Waals surface area contributed by atoms with Gasteiger partial charge in [-0.2, -0.15) is 0 Å². The molecule has 3 N–H and O–H groups in total. The number of urea groups is 1. The lowest BCUT2D eigenvalue weighted by Gasteiger charge is -2.30. The van der Waals surface area contributed by atoms with E-state index in [1.54, 1.807) is 6.07 Å². The molecule has 1 aromatic carbocycles. The minimum atomic E-state index is 0.00748. The molecule has 1 heterocycles. The molecular formula is C15H23N3O2. The van der Waals surface area contributed by atoms with Gasteiger partial charge in [0.25, 0.3) is 0 Å². The number of carbonyl (C=O) groups is 1. The summed E-state index contributed by atoms with van der Waals surface area (Å²) in [5, 5.41) is 2.88. The van der Waals surface area contributed by atoms with Gasteiger partial charge >= 0.3 is 6.03 Å². The molecule has 0 spiro atoms. The third-order valence-corrected chi connectivity index (χ3v) is 3.58. The number of nitrogens with zero attached hydrogens (tertiary/aromatic N) is 1. The van der Waals surface area contributed by atoms with Crippen molar-refractivity contribution in [3.8, 4) is 5.75 Å². The van der Waals surface area contributed by atoms with E-state index in [9.17, 15) is 4.79 Å². The fourth-order valence-corrected chi connectivity index (χ4v) is 2.25. The number of carbonyl (C=O) groups excluding carboxylic acids is 1. The lowest BCUT2D eigenvalue weighted by atomic mass is 10.00. The summed E-state index contributed by atoms with van der Waals surface area (Å²) in [5.74, 6) is 1.46. The summed E-state index contributed by atoms with van der Waals surface area (Å²) in [6.45, 7) is 4.87. The highest BCUT2D eigenvalue weighted by Crippen LogP contribution is 2.16. The Morgan fingerprint density at radius 3 is 2.90 bits per heavy atom. The minimum Gasteiger partial charge on any atom is -0.492 e. The third kappa shape index (κ3) is 4.33. The van der Waals surface area contributed by atoms with Crippen molar-refractivity contribution in [3.63, 3.8) is 0 Å². The number of nitrogen functional groups attached to an aromatic ring is 1. The van der Waals surface area contributed by atoms with Gasteiger partial charge in [0.1, 0.15) is 12.4 Å². The van der Waals surface area contributed by atoms with E-state index in [1.807, 2.05) is 23.1 Å². The molecule has 2 rings (SSSR count). The van der Waals surface area contributed by atoms with Crippen LogP contribution in [0.15, 0.2) is 24.3 Å². The SMILES string of the molecule is CC1CCN(C(=O)NCCOc2cccc(N)c2)CC1. The molecule has 1 saturated heterocycles. The summed E-state index contributed by atoms with van der Waals surface area (Å²) in [6.07, 6.45) is 2.18. The van der Waals surface area contributed by atoms with Gasteiger partial charge in [-0.1, -0.05) is 13.0 Å². The maximum absolute atomic E-state index is 11.9. The monoisotopic (exact) mass is 277 g/mol. The van der Waals surface area contributed by atoms with Crippen LogP contribution in [-0.2, 0) is 0 Å². The molecule has 0 saturated carbocycles. The van der Waals surface area contributed by atoms with E-state index in [0.29, 0.717) is 18.8 Å². The standard InChI is InChI=1S/C15H23N3O2/c1-12-5-8-18(9-6-12)15(19)17-7-10-20-14-4-2-3-13(16)11-14/h2-4,11-12H,5-10,16H2,1H3,(H,17,19). The highest BCUT2D eigenvalue weighted by atomic mass is 16.5. The van der Waals surface area contributed by atoms with Crippen molar-refractivity contribution in [2.24, 2.45) is 5.92 Å². The van der Waals surface area contributed by atoms with Crippen molar-refractivity contribution in [1.29, 1.82) is 0 Å². The van der Waals surface area contributed by atoms with Gasteiger partial charge in [0.05, 0.1) is 6.54 Å². The second-order valence-electron chi connectivity index (χ2n) is 5.32. The van der Waals surface area contributed by atoms with Crippen molar-refractivity contribution in [2.75, 3.05) is 32.0 Å². The topological polar surface area (TPSA) is 67.6 Å². The molecule has 1 aliphatic heterocycles. The van der Waals surface area contributed by atoms with Crippen molar-refractivity contribution in [3.05, 3.63) is 24.3 Å². The lowest BCUT2D eigenvalue weighted by molar-refractivity contribution is 0.172. The van der Waals surface area contributed by atoms with E-state index in [1.165, 1.54) is 0 Å². The molecule has 20 heavy (non-hydrogen) atoms. The summed E-state index contributed by atoms with van der Waals surface area (Å²) in [7, 11) is 0. The van der Waals surface area contributed by atoms with Crippen LogP contribution in [0.5, 0.6) is 5.75 Å². The number of benzene rings is 1. The first-order valence-electron chi connectivity index (χ1n) is 7.16. The van der Waals surface area contributed by atoms with Gasteiger partial charge in [-0.3, -0.25) is 0 Å². The van der Waals surface area contributed by atoms with Gasteiger partial charge in [0.2, 0.25) is 0 Å². The molecule has 1 aromatic rings. The van der Waals surface area contributed by atoms with Gasteiger partial charge < -0.3 is 20.7 Å². The van der Waals surface area contributed by atoms with Crippen LogP contribution in [-0.4, -0.2) is 37.2 Å². The summed E-state index contributed by atoms with van der Waals surface area (Å²) >= 11 is 0. The normalized spacial score (nSPS) is 15.9. The Bertz CT molecular complexity index is 442. The lowest BCUT2D eigenvalue weighted by Crippen LogP contribution is -2.45. The predicted molar refractivity (Wildman–Crippen MR) is 79.7 cm³/mol. The molecule has 2 amide bonds. The molecule has 0 atom stereocenters. The van der Waals surface area contributed by atoms with Crippen LogP contribution in [0.2, 0.25) is 0 Å². The zero-order valence-corrected chi connectivity index (χ0v) is 12.0. The number of hydrogen-bond acceptors (Lipinski definition) is 3. The molecule has 0 aliphatic carbocycles. The number of likely N-dealkylation sites (tertiary alicyclic amines) is 1. The van der Waals surface area contributed by atoms with E-state index < -0.39 is 0 Å². The van der Waals surface area contributed by atoms with E-state index in [0.717, 1.165) is 37.6 Å². The van der Waals surface area contributed by atoms with Crippen molar-refractivity contribution >= 4 is 11.7 Å². The highest BCUT2D eigenvalue weighted by Gasteiger charge is 2.19. The van der Waals surface area contributed by atoms with E-state index in [4.69, 9.17) is 10.5 Å². The number of ether oxygens (including phenoxy) is 1. The van der Waals surface area contributed by atoms with Crippen LogP contribution in [0, 0.1) is 5.92 Å². The van der Waals surface area contributed by atoms with E-state index >= 15 is 0 Å². The van der Waals surface area contributed by atoms with E-state index in [-0.39, 0.29) is 6.03 Å². The Kier molecular flexibility index (Phi) is 5.09. The Morgan fingerprint density at radius 1 is 1.45 bits per heavy atom. The van der Waals surface area contributed by atoms with Crippen LogP contribution in [0.1, 0.15) is 19.8 Å². The molecule has 1 fully saturated rings. The summed E-state index contributed by atoms with van der Waals surface area (Å²) < 4.78 is 5.53. The summed E-state index contributed by atoms with van der Waals surface area (Å²) in [6, 6.07) is 7.29. The Hall–Kier alpha value is -1.91. The number of anilines is 1. The van der Waals surface area contributed by atoms with Gasteiger partial charge in [0, 0.05) is 24.8 Å². The fourth-order valence-electron chi connectivity index (χ4n) is 2.25. The number of nitrogens with two attached hydrogens (primary N) is 1. The molecule has 0 bridgehead atoms. The van der Waals surface area contributed by atoms with Crippen molar-refractivity contribution < 1.29 is 9.53 Å². The minimum absolute atomic E-state index is 0.00748. The molecule has 0 unspecified atom stereocenters. The number of nitrogens with one attached hydrogen (secondary N) is 1. The Labute approximate surface area is 120 Å². The number of piperidine rings is 1. The van der Waals surface area contributed by atoms with Crippen LogP contribution in [0.4, 0.5) is 10.5 Å². The predicted octanol–water partition coefficient (Wildman–Crippen LogP) is 2.09. The molecule has 0 aromatic heterocycles. The van der Waals surface area contributed by atoms with Crippen molar-refractivity contribution in [2.45, 2.75) is 19.8 Å². The van der Waals surface area contributed by atoms with Crippen LogP contribution < -0.4 is 15.8 Å². The Balaban J connectivity index is 1.64. The van der Waals surface area contributed by atoms with E-state index in [2.05, 4.69) is 12.2 Å². The third-order valence-electron chi connectivity index (χ3n) is 3.58. The van der Waals surface area contributed by atoms with Gasteiger partial charge in [-0.15, -0.1) is 0 Å². The van der Waals surface area contributed by atoms with Gasteiger partial charge in [-0.25, -0.2) is 4.79 Å². The zero-order valence-electron chi connectivity index (χ0n) is 12.0. The molecule has 5 nitrogen and oxygen atoms in total. The van der Waals surface area contributed by atoms with Gasteiger partial charge in [0.15, 0.2) is 0 Å². The van der Waals surface area contributed by atoms with Gasteiger partial charge in [-0.05, 0) is 30.9 Å². The quantitative estimate of drug-likeness (QED) is 0.654. The number of amides is 2. The van der Waals surface area contributed by atoms with Crippen LogP contribution >= 0.6 is 0 Å². The molecule has 5 heteroatoms. The van der Waals surface area contributed by atoms with Crippen LogP contribution in [0.25, 0.3) is 0 Å². The fraction of sp³-hybridized carbons (Fsp3) is 0.533. The first kappa shape index (κ1) is 14.5. The number of rotatable bonds is 4. The zero-order chi connectivity index (χ0) is 14.4. The van der Waals surface area contributed by atoms with Crippen LogP contribution in [0.3, 0.4) is 0 Å². The molecule has 1 aliphatic rings. The summed E-state index contributed by atoms with van der Waals surface area (Å²) in [4.78, 5) is 13.8. The average molecular weight is 277 g/mol. The van der Waals surface area contributed by atoms with Crippen molar-refractivity contribution in [1.82, 2.24) is 10.2 Å². The largest absolute Gasteiger partial charge is 0.492 e. The molecular weight excluding hydrogens is 254 g/mol. The average Bonchev–Trinajstić information content (AvgIpc) is 2.44. The molecule has 0 radical (unpaired) electrons. The number of hydrogen-bond donors (Lipinski definition) is 2. The second kappa shape index (κ2) is 7.03. The maximum Gasteiger partial charge on any atom is 0.317 e. The first-order chi connectivity index (χ1) is 9.65. The molecule has 110 valence electrons. The highest BCUT2D eigenvalue weighted by molar-refractivity contribution is 5.74. The first-order valence-corrected chi connectivity index (χ1v) is 7.16. The smallest absolute Gasteiger partial charge is 0.317 e. The Morgan fingerprint density at radius 2 is 2.20 bits per heavy atom. The second-order valence-corrected chi connectivity index (χ2v) is 5.32.